The van der Waals surface area contributed by atoms with Gasteiger partial charge in [-0.3, -0.25) is 0 Å². The minimum absolute atomic E-state index is 0.546. The van der Waals surface area contributed by atoms with E-state index in [-0.39, 0.29) is 0 Å². The minimum Gasteiger partial charge on any atom is -0.385 e. The van der Waals surface area contributed by atoms with Crippen LogP contribution in [0.25, 0.3) is 11.2 Å². The van der Waals surface area contributed by atoms with E-state index in [1.807, 2.05) is 4.68 Å². The largest absolute Gasteiger partial charge is 0.385 e. The Hall–Kier alpha value is -1.76. The van der Waals surface area contributed by atoms with Gasteiger partial charge in [0, 0.05) is 26.3 Å². The zero-order valence-corrected chi connectivity index (χ0v) is 11.0. The van der Waals surface area contributed by atoms with E-state index >= 15 is 0 Å². The summed E-state index contributed by atoms with van der Waals surface area (Å²) in [5.74, 6) is 0.802. The van der Waals surface area contributed by atoms with Crippen LogP contribution in [0, 0.1) is 0 Å². The number of anilines is 1. The van der Waals surface area contributed by atoms with Crippen LogP contribution >= 0.6 is 0 Å². The lowest BCUT2D eigenvalue weighted by Gasteiger charge is -2.04. The highest BCUT2D eigenvalue weighted by atomic mass is 16.5. The van der Waals surface area contributed by atoms with E-state index in [1.165, 1.54) is 12.8 Å². The van der Waals surface area contributed by atoms with Crippen LogP contribution < -0.4 is 5.32 Å². The summed E-state index contributed by atoms with van der Waals surface area (Å²) in [6.45, 7) is 1.58. The Bertz CT molecular complexity index is 550. The van der Waals surface area contributed by atoms with Gasteiger partial charge in [0.15, 0.2) is 17.0 Å². The summed E-state index contributed by atoms with van der Waals surface area (Å²) in [6, 6.07) is 0.546. The SMILES string of the molecule is COCCCCn1nnc2c(NC3CC3)ncnc21. The second-order valence-corrected chi connectivity index (χ2v) is 4.83. The van der Waals surface area contributed by atoms with Crippen LogP contribution in [0.2, 0.25) is 0 Å². The van der Waals surface area contributed by atoms with Crippen molar-refractivity contribution in [2.75, 3.05) is 19.0 Å². The first-order chi connectivity index (χ1) is 9.38. The number of methoxy groups -OCH3 is 1. The number of hydrogen-bond acceptors (Lipinski definition) is 6. The number of fused-ring (bicyclic) bond motifs is 1. The molecule has 3 rings (SSSR count). The lowest BCUT2D eigenvalue weighted by atomic mass is 10.3. The number of rotatable bonds is 7. The smallest absolute Gasteiger partial charge is 0.183 e. The standard InChI is InChI=1S/C12H18N6O/c1-19-7-3-2-6-18-12-10(16-17-18)11(13-8-14-12)15-9-4-5-9/h8-9H,2-7H2,1H3,(H,13,14,15). The van der Waals surface area contributed by atoms with Crippen LogP contribution in [0.5, 0.6) is 0 Å². The Morgan fingerprint density at radius 1 is 1.37 bits per heavy atom. The quantitative estimate of drug-likeness (QED) is 0.756. The van der Waals surface area contributed by atoms with E-state index in [2.05, 4.69) is 25.6 Å². The lowest BCUT2D eigenvalue weighted by Crippen LogP contribution is -2.05. The maximum atomic E-state index is 5.04. The molecule has 0 aliphatic heterocycles. The Kier molecular flexibility index (Phi) is 3.54. The van der Waals surface area contributed by atoms with Gasteiger partial charge in [-0.15, -0.1) is 5.10 Å². The molecule has 0 radical (unpaired) electrons. The fraction of sp³-hybridized carbons (Fsp3) is 0.667. The fourth-order valence-electron chi connectivity index (χ4n) is 1.98. The number of unbranched alkanes of at least 4 members (excludes halogenated alkanes) is 1. The molecule has 7 nitrogen and oxygen atoms in total. The van der Waals surface area contributed by atoms with E-state index < -0.39 is 0 Å². The van der Waals surface area contributed by atoms with E-state index in [4.69, 9.17) is 4.74 Å². The molecule has 2 heterocycles. The summed E-state index contributed by atoms with van der Waals surface area (Å²) in [5.41, 5.74) is 1.57. The predicted octanol–water partition coefficient (Wildman–Crippen LogP) is 1.22. The second-order valence-electron chi connectivity index (χ2n) is 4.83. The molecule has 19 heavy (non-hydrogen) atoms. The number of nitrogens with zero attached hydrogens (tertiary/aromatic N) is 5. The molecule has 0 saturated heterocycles. The Morgan fingerprint density at radius 3 is 3.05 bits per heavy atom. The van der Waals surface area contributed by atoms with Gasteiger partial charge in [0.2, 0.25) is 0 Å². The van der Waals surface area contributed by atoms with Crippen molar-refractivity contribution < 1.29 is 4.74 Å². The van der Waals surface area contributed by atoms with Crippen LogP contribution in [0.1, 0.15) is 25.7 Å². The third-order valence-electron chi connectivity index (χ3n) is 3.19. The first-order valence-corrected chi connectivity index (χ1v) is 6.68. The van der Waals surface area contributed by atoms with Crippen LogP contribution in [0.4, 0.5) is 5.82 Å². The van der Waals surface area contributed by atoms with Crippen LogP contribution in [0.3, 0.4) is 0 Å². The molecule has 2 aromatic heterocycles. The van der Waals surface area contributed by atoms with Gasteiger partial charge in [-0.05, 0) is 25.7 Å². The zero-order chi connectivity index (χ0) is 13.1. The van der Waals surface area contributed by atoms with Gasteiger partial charge in [-0.2, -0.15) is 0 Å². The van der Waals surface area contributed by atoms with Gasteiger partial charge < -0.3 is 10.1 Å². The average molecular weight is 262 g/mol. The second kappa shape index (κ2) is 5.48. The van der Waals surface area contributed by atoms with Crippen LogP contribution in [-0.2, 0) is 11.3 Å². The number of aryl methyl sites for hydroxylation is 1. The number of ether oxygens (including phenoxy) is 1. The molecule has 0 unspecified atom stereocenters. The summed E-state index contributed by atoms with van der Waals surface area (Å²) in [6.07, 6.45) is 5.99. The van der Waals surface area contributed by atoms with Gasteiger partial charge >= 0.3 is 0 Å². The third kappa shape index (κ3) is 2.81. The maximum Gasteiger partial charge on any atom is 0.183 e. The molecular formula is C12H18N6O. The summed E-state index contributed by atoms with van der Waals surface area (Å²) in [4.78, 5) is 8.54. The molecule has 102 valence electrons. The first kappa shape index (κ1) is 12.3. The van der Waals surface area contributed by atoms with Crippen molar-refractivity contribution in [2.24, 2.45) is 0 Å². The van der Waals surface area contributed by atoms with E-state index in [0.717, 1.165) is 43.0 Å². The van der Waals surface area contributed by atoms with Crippen molar-refractivity contribution in [3.63, 3.8) is 0 Å². The maximum absolute atomic E-state index is 5.04. The van der Waals surface area contributed by atoms with E-state index in [1.54, 1.807) is 13.4 Å². The van der Waals surface area contributed by atoms with Crippen molar-refractivity contribution in [3.8, 4) is 0 Å². The van der Waals surface area contributed by atoms with Gasteiger partial charge in [0.25, 0.3) is 0 Å². The van der Waals surface area contributed by atoms with Crippen molar-refractivity contribution in [1.29, 1.82) is 0 Å². The molecule has 2 aromatic rings. The minimum atomic E-state index is 0.546. The van der Waals surface area contributed by atoms with Crippen molar-refractivity contribution >= 4 is 17.0 Å². The van der Waals surface area contributed by atoms with Gasteiger partial charge in [-0.25, -0.2) is 14.6 Å². The predicted molar refractivity (Wildman–Crippen MR) is 70.9 cm³/mol. The van der Waals surface area contributed by atoms with E-state index in [9.17, 15) is 0 Å². The summed E-state index contributed by atoms with van der Waals surface area (Å²) in [7, 11) is 1.72. The molecule has 0 aromatic carbocycles. The Balaban J connectivity index is 1.74. The molecule has 7 heteroatoms. The number of nitrogens with one attached hydrogen (secondary N) is 1. The third-order valence-corrected chi connectivity index (χ3v) is 3.19. The zero-order valence-electron chi connectivity index (χ0n) is 11.0. The summed E-state index contributed by atoms with van der Waals surface area (Å²) < 4.78 is 6.88. The first-order valence-electron chi connectivity index (χ1n) is 6.68. The van der Waals surface area contributed by atoms with Gasteiger partial charge in [0.1, 0.15) is 6.33 Å². The van der Waals surface area contributed by atoms with E-state index in [0.29, 0.717) is 6.04 Å². The van der Waals surface area contributed by atoms with Crippen molar-refractivity contribution in [1.82, 2.24) is 25.0 Å². The van der Waals surface area contributed by atoms with Crippen molar-refractivity contribution in [3.05, 3.63) is 6.33 Å². The average Bonchev–Trinajstić information content (AvgIpc) is 3.14. The monoisotopic (exact) mass is 262 g/mol. The molecule has 1 N–H and O–H groups in total. The molecule has 1 aliphatic rings. The normalized spacial score (nSPS) is 15.0. The Morgan fingerprint density at radius 2 is 2.26 bits per heavy atom. The highest BCUT2D eigenvalue weighted by Gasteiger charge is 2.23. The molecule has 1 saturated carbocycles. The van der Waals surface area contributed by atoms with Gasteiger partial charge in [-0.1, -0.05) is 5.21 Å². The van der Waals surface area contributed by atoms with Crippen LogP contribution in [-0.4, -0.2) is 44.7 Å². The summed E-state index contributed by atoms with van der Waals surface area (Å²) in [5, 5.41) is 11.7. The highest BCUT2D eigenvalue weighted by molar-refractivity contribution is 5.82. The topological polar surface area (TPSA) is 77.8 Å². The summed E-state index contributed by atoms with van der Waals surface area (Å²) >= 11 is 0. The molecule has 1 aliphatic carbocycles. The molecule has 1 fully saturated rings. The molecule has 0 amide bonds. The molecule has 0 bridgehead atoms. The number of hydrogen-bond donors (Lipinski definition) is 1. The molecule has 0 atom stereocenters. The molecular weight excluding hydrogens is 244 g/mol. The van der Waals surface area contributed by atoms with Crippen LogP contribution in [0.15, 0.2) is 6.33 Å². The lowest BCUT2D eigenvalue weighted by molar-refractivity contribution is 0.191. The fourth-order valence-corrected chi connectivity index (χ4v) is 1.98. The van der Waals surface area contributed by atoms with Crippen molar-refractivity contribution in [2.45, 2.75) is 38.3 Å². The molecule has 0 spiro atoms. The Labute approximate surface area is 111 Å². The highest BCUT2D eigenvalue weighted by Crippen LogP contribution is 2.26. The van der Waals surface area contributed by atoms with Gasteiger partial charge in [0.05, 0.1) is 0 Å². The number of aromatic nitrogens is 5.